The molecule has 0 unspecified atom stereocenters. The van der Waals surface area contributed by atoms with E-state index in [9.17, 15) is 36.3 Å². The number of alkyl halides is 3. The maximum Gasteiger partial charge on any atom is 0.416 e. The van der Waals surface area contributed by atoms with Gasteiger partial charge in [0.25, 0.3) is 17.4 Å². The van der Waals surface area contributed by atoms with Gasteiger partial charge in [0.1, 0.15) is 5.56 Å². The third-order valence-corrected chi connectivity index (χ3v) is 5.20. The maximum atomic E-state index is 13.4. The Bertz CT molecular complexity index is 1360. The summed E-state index contributed by atoms with van der Waals surface area (Å²) >= 11 is 0. The van der Waals surface area contributed by atoms with E-state index in [0.717, 1.165) is 41.0 Å². The standard InChI is InChI=1S/C24H20F5N3O3/c1-13-17(22(34)31(2)3)11-18(21(33)30-12-14-7-8-19(25)20(26)9-14)23(35)32(13)16-6-4-5-15(10-16)24(27,28)29/h4-11H,12H2,1-3H3,(H,30,33). The van der Waals surface area contributed by atoms with Crippen molar-refractivity contribution in [2.45, 2.75) is 19.6 Å². The zero-order valence-corrected chi connectivity index (χ0v) is 18.8. The molecule has 1 N–H and O–H groups in total. The maximum absolute atomic E-state index is 13.4. The molecule has 3 aromatic rings. The number of carbonyl (C=O) groups is 2. The molecule has 184 valence electrons. The highest BCUT2D eigenvalue weighted by molar-refractivity contribution is 6.00. The summed E-state index contributed by atoms with van der Waals surface area (Å²) in [4.78, 5) is 40.0. The van der Waals surface area contributed by atoms with Crippen molar-refractivity contribution in [3.05, 3.63) is 98.5 Å². The van der Waals surface area contributed by atoms with Gasteiger partial charge in [-0.2, -0.15) is 13.2 Å². The number of nitrogens with one attached hydrogen (secondary N) is 1. The summed E-state index contributed by atoms with van der Waals surface area (Å²) in [6.45, 7) is 1.10. The van der Waals surface area contributed by atoms with Crippen LogP contribution in [0.15, 0.2) is 53.3 Å². The van der Waals surface area contributed by atoms with Gasteiger partial charge >= 0.3 is 6.18 Å². The first-order valence-corrected chi connectivity index (χ1v) is 10.2. The second-order valence-electron chi connectivity index (χ2n) is 7.88. The lowest BCUT2D eigenvalue weighted by atomic mass is 10.1. The van der Waals surface area contributed by atoms with Crippen LogP contribution in [-0.2, 0) is 12.7 Å². The van der Waals surface area contributed by atoms with Crippen LogP contribution in [0, 0.1) is 18.6 Å². The SMILES string of the molecule is Cc1c(C(=O)N(C)C)cc(C(=O)NCc2ccc(F)c(F)c2)c(=O)n1-c1cccc(C(F)(F)F)c1. The fraction of sp³-hybridized carbons (Fsp3) is 0.208. The lowest BCUT2D eigenvalue weighted by Gasteiger charge is -2.19. The van der Waals surface area contributed by atoms with E-state index in [4.69, 9.17) is 0 Å². The first-order chi connectivity index (χ1) is 16.3. The summed E-state index contributed by atoms with van der Waals surface area (Å²) < 4.78 is 67.2. The van der Waals surface area contributed by atoms with Crippen LogP contribution in [0.2, 0.25) is 0 Å². The van der Waals surface area contributed by atoms with Crippen molar-refractivity contribution in [2.75, 3.05) is 14.1 Å². The van der Waals surface area contributed by atoms with Crippen molar-refractivity contribution in [1.29, 1.82) is 0 Å². The molecular formula is C24H20F5N3O3. The molecule has 0 atom stereocenters. The molecule has 35 heavy (non-hydrogen) atoms. The van der Waals surface area contributed by atoms with E-state index >= 15 is 0 Å². The molecule has 0 aliphatic rings. The highest BCUT2D eigenvalue weighted by atomic mass is 19.4. The van der Waals surface area contributed by atoms with Crippen LogP contribution in [0.1, 0.15) is 37.5 Å². The Morgan fingerprint density at radius 2 is 1.66 bits per heavy atom. The van der Waals surface area contributed by atoms with Crippen molar-refractivity contribution in [3.8, 4) is 5.69 Å². The zero-order valence-electron chi connectivity index (χ0n) is 18.8. The second kappa shape index (κ2) is 9.69. The van der Waals surface area contributed by atoms with E-state index in [0.29, 0.717) is 0 Å². The molecule has 0 fully saturated rings. The smallest absolute Gasteiger partial charge is 0.348 e. The van der Waals surface area contributed by atoms with E-state index in [1.807, 2.05) is 0 Å². The Hall–Kier alpha value is -4.02. The number of carbonyl (C=O) groups excluding carboxylic acids is 2. The van der Waals surface area contributed by atoms with Gasteiger partial charge < -0.3 is 10.2 Å². The van der Waals surface area contributed by atoms with E-state index in [2.05, 4.69) is 5.32 Å². The average Bonchev–Trinajstić information content (AvgIpc) is 2.79. The van der Waals surface area contributed by atoms with Crippen LogP contribution in [-0.4, -0.2) is 35.4 Å². The predicted molar refractivity (Wildman–Crippen MR) is 117 cm³/mol. The van der Waals surface area contributed by atoms with Crippen molar-refractivity contribution < 1.29 is 31.5 Å². The third kappa shape index (κ3) is 5.39. The molecule has 1 heterocycles. The number of nitrogens with zero attached hydrogens (tertiary/aromatic N) is 2. The molecule has 0 radical (unpaired) electrons. The summed E-state index contributed by atoms with van der Waals surface area (Å²) in [5.74, 6) is -3.74. The molecule has 0 aliphatic heterocycles. The van der Waals surface area contributed by atoms with Crippen molar-refractivity contribution in [3.63, 3.8) is 0 Å². The minimum Gasteiger partial charge on any atom is -0.348 e. The molecule has 0 aliphatic carbocycles. The van der Waals surface area contributed by atoms with Crippen LogP contribution in [0.3, 0.4) is 0 Å². The Labute approximate surface area is 196 Å². The topological polar surface area (TPSA) is 71.4 Å². The van der Waals surface area contributed by atoms with Crippen molar-refractivity contribution in [1.82, 2.24) is 14.8 Å². The Balaban J connectivity index is 2.12. The highest BCUT2D eigenvalue weighted by Crippen LogP contribution is 2.30. The van der Waals surface area contributed by atoms with Crippen molar-refractivity contribution >= 4 is 11.8 Å². The lowest BCUT2D eigenvalue weighted by molar-refractivity contribution is -0.137. The normalized spacial score (nSPS) is 11.3. The summed E-state index contributed by atoms with van der Waals surface area (Å²) in [7, 11) is 2.87. The Kier molecular flexibility index (Phi) is 7.09. The molecule has 0 saturated carbocycles. The van der Waals surface area contributed by atoms with Crippen LogP contribution < -0.4 is 10.9 Å². The second-order valence-corrected chi connectivity index (χ2v) is 7.88. The average molecular weight is 493 g/mol. The fourth-order valence-corrected chi connectivity index (χ4v) is 3.38. The van der Waals surface area contributed by atoms with Gasteiger partial charge in [-0.1, -0.05) is 12.1 Å². The molecule has 3 rings (SSSR count). The van der Waals surface area contributed by atoms with Crippen LogP contribution in [0.25, 0.3) is 5.69 Å². The first-order valence-electron chi connectivity index (χ1n) is 10.2. The number of halogens is 5. The van der Waals surface area contributed by atoms with Crippen LogP contribution >= 0.6 is 0 Å². The van der Waals surface area contributed by atoms with Crippen molar-refractivity contribution in [2.24, 2.45) is 0 Å². The quantitative estimate of drug-likeness (QED) is 0.545. The predicted octanol–water partition coefficient (Wildman–Crippen LogP) is 4.07. The van der Waals surface area contributed by atoms with Gasteiger partial charge in [0.05, 0.1) is 11.1 Å². The van der Waals surface area contributed by atoms with Gasteiger partial charge in [-0.15, -0.1) is 0 Å². The molecule has 11 heteroatoms. The van der Waals surface area contributed by atoms with E-state index < -0.39 is 46.3 Å². The molecular weight excluding hydrogens is 473 g/mol. The molecule has 0 saturated heterocycles. The molecule has 2 aromatic carbocycles. The Morgan fingerprint density at radius 3 is 2.26 bits per heavy atom. The number of hydrogen-bond acceptors (Lipinski definition) is 3. The molecule has 0 bridgehead atoms. The van der Waals surface area contributed by atoms with Gasteiger partial charge in [-0.3, -0.25) is 19.0 Å². The van der Waals surface area contributed by atoms with E-state index in [1.165, 1.54) is 38.1 Å². The van der Waals surface area contributed by atoms with Gasteiger partial charge in [-0.25, -0.2) is 8.78 Å². The van der Waals surface area contributed by atoms with Gasteiger partial charge in [-0.05, 0) is 48.9 Å². The minimum atomic E-state index is -4.69. The number of rotatable bonds is 5. The molecule has 0 spiro atoms. The summed E-state index contributed by atoms with van der Waals surface area (Å²) in [6.07, 6.45) is -4.69. The third-order valence-electron chi connectivity index (χ3n) is 5.20. The van der Waals surface area contributed by atoms with Crippen LogP contribution in [0.5, 0.6) is 0 Å². The highest BCUT2D eigenvalue weighted by Gasteiger charge is 2.31. The van der Waals surface area contributed by atoms with Gasteiger partial charge in [0.2, 0.25) is 0 Å². The first kappa shape index (κ1) is 25.6. The minimum absolute atomic E-state index is 0.0326. The zero-order chi connectivity index (χ0) is 26.1. The largest absolute Gasteiger partial charge is 0.416 e. The molecule has 1 aromatic heterocycles. The summed E-state index contributed by atoms with van der Waals surface area (Å²) in [5.41, 5.74) is -2.52. The van der Waals surface area contributed by atoms with Crippen LogP contribution in [0.4, 0.5) is 22.0 Å². The molecule has 2 amide bonds. The monoisotopic (exact) mass is 493 g/mol. The number of hydrogen-bond donors (Lipinski definition) is 1. The lowest BCUT2D eigenvalue weighted by Crippen LogP contribution is -2.35. The Morgan fingerprint density at radius 1 is 0.971 bits per heavy atom. The van der Waals surface area contributed by atoms with E-state index in [-0.39, 0.29) is 29.1 Å². The number of aromatic nitrogens is 1. The summed E-state index contributed by atoms with van der Waals surface area (Å²) in [6, 6.07) is 7.95. The molecule has 6 nitrogen and oxygen atoms in total. The summed E-state index contributed by atoms with van der Waals surface area (Å²) in [5, 5.41) is 2.39. The van der Waals surface area contributed by atoms with Gasteiger partial charge in [0.15, 0.2) is 11.6 Å². The number of pyridine rings is 1. The number of benzene rings is 2. The van der Waals surface area contributed by atoms with Gasteiger partial charge in [0, 0.05) is 32.0 Å². The number of amides is 2. The fourth-order valence-electron chi connectivity index (χ4n) is 3.38. The van der Waals surface area contributed by atoms with E-state index in [1.54, 1.807) is 0 Å².